The molecule has 1 saturated heterocycles. The van der Waals surface area contributed by atoms with Crippen LogP contribution in [0, 0.1) is 11.3 Å². The molecule has 0 radical (unpaired) electrons. The third kappa shape index (κ3) is 3.35. The molecule has 0 aromatic heterocycles. The second-order valence-electron chi connectivity index (χ2n) is 5.18. The van der Waals surface area contributed by atoms with Gasteiger partial charge in [0.15, 0.2) is 0 Å². The zero-order valence-corrected chi connectivity index (χ0v) is 8.84. The van der Waals surface area contributed by atoms with Gasteiger partial charge in [-0.3, -0.25) is 4.79 Å². The van der Waals surface area contributed by atoms with Crippen LogP contribution in [-0.4, -0.2) is 30.4 Å². The van der Waals surface area contributed by atoms with Crippen LogP contribution in [0.4, 0.5) is 0 Å². The van der Waals surface area contributed by atoms with Gasteiger partial charge >= 0.3 is 0 Å². The van der Waals surface area contributed by atoms with Gasteiger partial charge in [-0.1, -0.05) is 20.8 Å². The fraction of sp³-hybridized carbons (Fsp3) is 0.900. The van der Waals surface area contributed by atoms with Gasteiger partial charge in [-0.25, -0.2) is 0 Å². The van der Waals surface area contributed by atoms with Gasteiger partial charge in [-0.05, 0) is 18.4 Å². The summed E-state index contributed by atoms with van der Waals surface area (Å²) >= 11 is 0. The standard InChI is InChI=1S/C10H20N2O/c1-10(2,3)7-12-5-4-8(6-12)9(11)13/h8H,4-7H2,1-3H3,(H2,11,13)/t8-/m0/s1. The van der Waals surface area contributed by atoms with E-state index in [0.717, 1.165) is 26.1 Å². The maximum atomic E-state index is 10.9. The van der Waals surface area contributed by atoms with Gasteiger partial charge in [0.25, 0.3) is 0 Å². The van der Waals surface area contributed by atoms with Crippen molar-refractivity contribution >= 4 is 5.91 Å². The third-order valence-electron chi connectivity index (χ3n) is 2.37. The Morgan fingerprint density at radius 2 is 2.15 bits per heavy atom. The molecule has 1 fully saturated rings. The second kappa shape index (κ2) is 3.66. The highest BCUT2D eigenvalue weighted by Gasteiger charge is 2.28. The molecule has 0 aliphatic carbocycles. The maximum absolute atomic E-state index is 10.9. The van der Waals surface area contributed by atoms with Crippen LogP contribution in [-0.2, 0) is 4.79 Å². The van der Waals surface area contributed by atoms with Gasteiger partial charge in [-0.15, -0.1) is 0 Å². The van der Waals surface area contributed by atoms with E-state index in [1.165, 1.54) is 0 Å². The monoisotopic (exact) mass is 184 g/mol. The average Bonchev–Trinajstić information content (AvgIpc) is 2.31. The van der Waals surface area contributed by atoms with Crippen molar-refractivity contribution in [2.75, 3.05) is 19.6 Å². The quantitative estimate of drug-likeness (QED) is 0.691. The van der Waals surface area contributed by atoms with Gasteiger partial charge in [0.2, 0.25) is 5.91 Å². The van der Waals surface area contributed by atoms with Crippen LogP contribution in [0.15, 0.2) is 0 Å². The SMILES string of the molecule is CC(C)(C)CN1CC[C@H](C(N)=O)C1. The van der Waals surface area contributed by atoms with Crippen molar-refractivity contribution in [1.29, 1.82) is 0 Å². The van der Waals surface area contributed by atoms with Crippen molar-refractivity contribution in [2.45, 2.75) is 27.2 Å². The lowest BCUT2D eigenvalue weighted by Crippen LogP contribution is -2.32. The minimum absolute atomic E-state index is 0.0855. The predicted octanol–water partition coefficient (Wildman–Crippen LogP) is 0.840. The van der Waals surface area contributed by atoms with Crippen molar-refractivity contribution in [2.24, 2.45) is 17.1 Å². The average molecular weight is 184 g/mol. The number of nitrogens with zero attached hydrogens (tertiary/aromatic N) is 1. The number of hydrogen-bond donors (Lipinski definition) is 1. The Morgan fingerprint density at radius 1 is 1.54 bits per heavy atom. The molecule has 3 nitrogen and oxygen atoms in total. The summed E-state index contributed by atoms with van der Waals surface area (Å²) in [6.07, 6.45) is 0.936. The molecule has 1 aliphatic heterocycles. The van der Waals surface area contributed by atoms with E-state index in [2.05, 4.69) is 25.7 Å². The summed E-state index contributed by atoms with van der Waals surface area (Å²) in [6.45, 7) is 9.56. The summed E-state index contributed by atoms with van der Waals surface area (Å²) in [5, 5.41) is 0. The summed E-state index contributed by atoms with van der Waals surface area (Å²) < 4.78 is 0. The molecule has 76 valence electrons. The molecule has 0 aromatic carbocycles. The van der Waals surface area contributed by atoms with Crippen molar-refractivity contribution < 1.29 is 4.79 Å². The zero-order valence-electron chi connectivity index (χ0n) is 8.84. The molecule has 0 aromatic rings. The van der Waals surface area contributed by atoms with Crippen molar-refractivity contribution in [1.82, 2.24) is 4.90 Å². The molecule has 0 bridgehead atoms. The first-order valence-electron chi connectivity index (χ1n) is 4.90. The Balaban J connectivity index is 2.38. The lowest BCUT2D eigenvalue weighted by Gasteiger charge is -2.25. The van der Waals surface area contributed by atoms with E-state index in [9.17, 15) is 4.79 Å². The fourth-order valence-electron chi connectivity index (χ4n) is 1.88. The smallest absolute Gasteiger partial charge is 0.221 e. The number of rotatable bonds is 2. The largest absolute Gasteiger partial charge is 0.369 e. The molecule has 0 saturated carbocycles. The molecule has 0 unspecified atom stereocenters. The predicted molar refractivity (Wildman–Crippen MR) is 53.2 cm³/mol. The van der Waals surface area contributed by atoms with E-state index in [4.69, 9.17) is 5.73 Å². The molecular weight excluding hydrogens is 164 g/mol. The first-order chi connectivity index (χ1) is 5.88. The fourth-order valence-corrected chi connectivity index (χ4v) is 1.88. The summed E-state index contributed by atoms with van der Waals surface area (Å²) in [7, 11) is 0. The van der Waals surface area contributed by atoms with E-state index in [1.54, 1.807) is 0 Å². The van der Waals surface area contributed by atoms with Gasteiger partial charge < -0.3 is 10.6 Å². The molecule has 3 heteroatoms. The Labute approximate surface area is 80.3 Å². The van der Waals surface area contributed by atoms with E-state index in [0.29, 0.717) is 5.41 Å². The molecule has 1 aliphatic rings. The number of carbonyl (C=O) groups is 1. The van der Waals surface area contributed by atoms with Crippen LogP contribution in [0.5, 0.6) is 0 Å². The number of likely N-dealkylation sites (tertiary alicyclic amines) is 1. The van der Waals surface area contributed by atoms with E-state index >= 15 is 0 Å². The molecule has 1 atom stereocenters. The van der Waals surface area contributed by atoms with E-state index in [1.807, 2.05) is 0 Å². The first kappa shape index (κ1) is 10.5. The van der Waals surface area contributed by atoms with Gasteiger partial charge in [0, 0.05) is 13.1 Å². The van der Waals surface area contributed by atoms with Gasteiger partial charge in [0.05, 0.1) is 5.92 Å². The lowest BCUT2D eigenvalue weighted by molar-refractivity contribution is -0.121. The Bertz CT molecular complexity index is 196. The number of carbonyl (C=O) groups excluding carboxylic acids is 1. The summed E-state index contributed by atoms with van der Waals surface area (Å²) in [5.74, 6) is -0.0567. The second-order valence-corrected chi connectivity index (χ2v) is 5.18. The first-order valence-corrected chi connectivity index (χ1v) is 4.90. The molecule has 1 rings (SSSR count). The normalized spacial score (nSPS) is 25.0. The Morgan fingerprint density at radius 3 is 2.54 bits per heavy atom. The van der Waals surface area contributed by atoms with Crippen molar-refractivity contribution in [3.63, 3.8) is 0 Å². The van der Waals surface area contributed by atoms with E-state index < -0.39 is 0 Å². The van der Waals surface area contributed by atoms with Gasteiger partial charge in [0.1, 0.15) is 0 Å². The van der Waals surface area contributed by atoms with Crippen LogP contribution in [0.1, 0.15) is 27.2 Å². The molecule has 13 heavy (non-hydrogen) atoms. The highest BCUT2D eigenvalue weighted by atomic mass is 16.1. The minimum Gasteiger partial charge on any atom is -0.369 e. The van der Waals surface area contributed by atoms with Crippen molar-refractivity contribution in [3.05, 3.63) is 0 Å². The van der Waals surface area contributed by atoms with Crippen LogP contribution < -0.4 is 5.73 Å². The molecular formula is C10H20N2O. The van der Waals surface area contributed by atoms with Crippen LogP contribution in [0.3, 0.4) is 0 Å². The maximum Gasteiger partial charge on any atom is 0.221 e. The Kier molecular flexibility index (Phi) is 2.96. The number of nitrogens with two attached hydrogens (primary N) is 1. The third-order valence-corrected chi connectivity index (χ3v) is 2.37. The lowest BCUT2D eigenvalue weighted by atomic mass is 9.96. The molecule has 1 amide bonds. The number of hydrogen-bond acceptors (Lipinski definition) is 2. The van der Waals surface area contributed by atoms with Gasteiger partial charge in [-0.2, -0.15) is 0 Å². The minimum atomic E-state index is -0.142. The van der Waals surface area contributed by atoms with Crippen LogP contribution in [0.2, 0.25) is 0 Å². The summed E-state index contributed by atoms with van der Waals surface area (Å²) in [5.41, 5.74) is 5.57. The highest BCUT2D eigenvalue weighted by Crippen LogP contribution is 2.21. The number of amides is 1. The summed E-state index contributed by atoms with van der Waals surface area (Å²) in [4.78, 5) is 13.2. The summed E-state index contributed by atoms with van der Waals surface area (Å²) in [6, 6.07) is 0. The van der Waals surface area contributed by atoms with Crippen molar-refractivity contribution in [3.8, 4) is 0 Å². The topological polar surface area (TPSA) is 46.3 Å². The zero-order chi connectivity index (χ0) is 10.1. The molecule has 2 N–H and O–H groups in total. The molecule has 0 spiro atoms. The van der Waals surface area contributed by atoms with Crippen LogP contribution in [0.25, 0.3) is 0 Å². The number of primary amides is 1. The molecule has 1 heterocycles. The van der Waals surface area contributed by atoms with E-state index in [-0.39, 0.29) is 11.8 Å². The van der Waals surface area contributed by atoms with Crippen LogP contribution >= 0.6 is 0 Å². The Hall–Kier alpha value is -0.570. The highest BCUT2D eigenvalue weighted by molar-refractivity contribution is 5.77.